The van der Waals surface area contributed by atoms with Crippen molar-refractivity contribution in [2.24, 2.45) is 11.8 Å². The molecule has 0 bridgehead atoms. The molecule has 0 aliphatic carbocycles. The molecule has 3 saturated heterocycles. The van der Waals surface area contributed by atoms with Crippen molar-refractivity contribution in [1.82, 2.24) is 19.0 Å². The van der Waals surface area contributed by atoms with Gasteiger partial charge in [0, 0.05) is 64.3 Å². The molecule has 49 heavy (non-hydrogen) atoms. The zero-order valence-corrected chi connectivity index (χ0v) is 29.8. The van der Waals surface area contributed by atoms with Crippen molar-refractivity contribution < 1.29 is 44.7 Å². The molecular weight excluding hydrogens is 671 g/mol. The Bertz CT molecular complexity index is 1360. The Balaban J connectivity index is 1.29. The highest BCUT2D eigenvalue weighted by Crippen LogP contribution is 2.39. The van der Waals surface area contributed by atoms with E-state index in [-0.39, 0.29) is 61.7 Å². The maximum Gasteiger partial charge on any atom is 0.511 e. The maximum atomic E-state index is 14.3. The van der Waals surface area contributed by atoms with E-state index in [1.54, 1.807) is 4.90 Å². The van der Waals surface area contributed by atoms with E-state index in [1.165, 1.54) is 12.1 Å². The minimum Gasteiger partial charge on any atom is -0.444 e. The summed E-state index contributed by atoms with van der Waals surface area (Å²) in [5, 5.41) is 0. The molecule has 3 aliphatic rings. The van der Waals surface area contributed by atoms with Gasteiger partial charge in [0.05, 0.1) is 0 Å². The number of nitrogens with zero attached hydrogens (tertiary/aromatic N) is 4. The van der Waals surface area contributed by atoms with Gasteiger partial charge in [0.25, 0.3) is 0 Å². The predicted molar refractivity (Wildman–Crippen MR) is 175 cm³/mol. The maximum absolute atomic E-state index is 14.3. The Labute approximate surface area is 287 Å². The van der Waals surface area contributed by atoms with Gasteiger partial charge in [-0.15, -0.1) is 0 Å². The fourth-order valence-corrected chi connectivity index (χ4v) is 8.54. The van der Waals surface area contributed by atoms with Crippen LogP contribution in [0.15, 0.2) is 18.2 Å². The Morgan fingerprint density at radius 1 is 0.898 bits per heavy atom. The molecule has 3 aliphatic heterocycles. The van der Waals surface area contributed by atoms with Crippen LogP contribution in [0.5, 0.6) is 0 Å². The van der Waals surface area contributed by atoms with Crippen LogP contribution >= 0.6 is 0 Å². The van der Waals surface area contributed by atoms with E-state index in [0.717, 1.165) is 44.8 Å². The molecule has 1 atom stereocenters. The second kappa shape index (κ2) is 16.2. The lowest BCUT2D eigenvalue weighted by atomic mass is 9.78. The summed E-state index contributed by atoms with van der Waals surface area (Å²) in [6.07, 6.45) is 3.93. The molecule has 0 radical (unpaired) electrons. The summed E-state index contributed by atoms with van der Waals surface area (Å²) in [4.78, 5) is 31.7. The molecule has 1 aromatic rings. The Morgan fingerprint density at radius 2 is 1.47 bits per heavy atom. The van der Waals surface area contributed by atoms with Crippen molar-refractivity contribution in [2.75, 3.05) is 52.4 Å². The molecular formula is C34H51F5N4O5S. The van der Waals surface area contributed by atoms with Gasteiger partial charge in [0.15, 0.2) is 0 Å². The van der Waals surface area contributed by atoms with Crippen LogP contribution in [0, 0.1) is 23.5 Å². The quantitative estimate of drug-likeness (QED) is 0.262. The minimum absolute atomic E-state index is 0.0867. The molecule has 15 heteroatoms. The van der Waals surface area contributed by atoms with E-state index in [9.17, 15) is 40.0 Å². The summed E-state index contributed by atoms with van der Waals surface area (Å²) < 4.78 is 97.7. The molecule has 3 heterocycles. The largest absolute Gasteiger partial charge is 0.511 e. The number of sulfonamides is 1. The van der Waals surface area contributed by atoms with Crippen LogP contribution in [0.3, 0.4) is 0 Å². The number of ether oxygens (including phenoxy) is 1. The van der Waals surface area contributed by atoms with Crippen LogP contribution in [-0.2, 0) is 19.6 Å². The molecule has 0 N–H and O–H groups in total. The minimum atomic E-state index is -5.44. The van der Waals surface area contributed by atoms with Crippen molar-refractivity contribution in [3.63, 3.8) is 0 Å². The lowest BCUT2D eigenvalue weighted by molar-refractivity contribution is -0.135. The van der Waals surface area contributed by atoms with Gasteiger partial charge in [0.1, 0.15) is 17.2 Å². The first-order chi connectivity index (χ1) is 22.9. The van der Waals surface area contributed by atoms with E-state index in [2.05, 4.69) is 4.90 Å². The van der Waals surface area contributed by atoms with Gasteiger partial charge in [-0.3, -0.25) is 4.79 Å². The van der Waals surface area contributed by atoms with Gasteiger partial charge in [-0.2, -0.15) is 17.5 Å². The molecule has 2 amide bonds. The van der Waals surface area contributed by atoms with Crippen LogP contribution < -0.4 is 0 Å². The number of carbonyl (C=O) groups is 2. The van der Waals surface area contributed by atoms with Crippen LogP contribution in [0.2, 0.25) is 0 Å². The van der Waals surface area contributed by atoms with Crippen LogP contribution in [0.25, 0.3) is 0 Å². The highest BCUT2D eigenvalue weighted by atomic mass is 32.2. The summed E-state index contributed by atoms with van der Waals surface area (Å²) in [5.74, 6) is -1.78. The predicted octanol–water partition coefficient (Wildman–Crippen LogP) is 6.35. The van der Waals surface area contributed by atoms with Crippen molar-refractivity contribution in [1.29, 1.82) is 0 Å². The standard InChI is InChI=1S/C34H51F5N4O5S/c1-5-43(31(44)20-24-6-16-41(17-7-24)32(45)48-33(2,3)4)29-10-13-40(14-11-29)15-12-30(26-21-27(35)23-28(36)22-26)25-8-18-42(19-9-25)49(46,47)34(37,38)39/h21-25,29-30H,5-20H2,1-4H3. The van der Waals surface area contributed by atoms with Gasteiger partial charge in [-0.1, -0.05) is 0 Å². The number of alkyl halides is 3. The third kappa shape index (κ3) is 10.5. The van der Waals surface area contributed by atoms with Crippen LogP contribution in [0.4, 0.5) is 26.7 Å². The number of halogens is 5. The summed E-state index contributed by atoms with van der Waals surface area (Å²) in [5.41, 5.74) is -5.52. The number of hydrogen-bond donors (Lipinski definition) is 0. The average molecular weight is 723 g/mol. The van der Waals surface area contributed by atoms with E-state index in [0.29, 0.717) is 48.9 Å². The second-order valence-corrected chi connectivity index (χ2v) is 16.6. The molecule has 0 aromatic heterocycles. The Morgan fingerprint density at radius 3 is 1.98 bits per heavy atom. The third-order valence-corrected chi connectivity index (χ3v) is 11.8. The summed E-state index contributed by atoms with van der Waals surface area (Å²) in [6, 6.07) is 3.37. The normalized spacial score (nSPS) is 20.7. The SMILES string of the molecule is CCN(C(=O)CC1CCN(C(=O)OC(C)(C)C)CC1)C1CCN(CCC(c2cc(F)cc(F)c2)C2CCN(S(=O)(=O)C(F)(F)F)CC2)CC1. The van der Waals surface area contributed by atoms with E-state index in [4.69, 9.17) is 4.74 Å². The van der Waals surface area contributed by atoms with E-state index >= 15 is 0 Å². The van der Waals surface area contributed by atoms with E-state index < -0.39 is 32.8 Å². The van der Waals surface area contributed by atoms with Gasteiger partial charge >= 0.3 is 21.6 Å². The van der Waals surface area contributed by atoms with Gasteiger partial charge in [0.2, 0.25) is 5.91 Å². The first-order valence-corrected chi connectivity index (χ1v) is 18.8. The average Bonchev–Trinajstić information content (AvgIpc) is 3.01. The number of amides is 2. The zero-order valence-electron chi connectivity index (χ0n) is 29.0. The monoisotopic (exact) mass is 722 g/mol. The van der Waals surface area contributed by atoms with E-state index in [1.807, 2.05) is 32.6 Å². The van der Waals surface area contributed by atoms with Crippen molar-refractivity contribution in [3.05, 3.63) is 35.4 Å². The number of piperidine rings is 3. The fourth-order valence-electron chi connectivity index (χ4n) is 7.55. The molecule has 1 unspecified atom stereocenters. The number of hydrogen-bond acceptors (Lipinski definition) is 6. The first kappa shape index (κ1) is 39.3. The lowest BCUT2D eigenvalue weighted by Gasteiger charge is -2.40. The van der Waals surface area contributed by atoms with Crippen molar-refractivity contribution in [2.45, 2.75) is 102 Å². The van der Waals surface area contributed by atoms with Crippen LogP contribution in [-0.4, -0.2) is 109 Å². The number of likely N-dealkylation sites (tertiary alicyclic amines) is 2. The van der Waals surface area contributed by atoms with Crippen LogP contribution in [0.1, 0.15) is 90.5 Å². The van der Waals surface area contributed by atoms with Crippen molar-refractivity contribution in [3.8, 4) is 0 Å². The number of benzene rings is 1. The topological polar surface area (TPSA) is 90.5 Å². The highest BCUT2D eigenvalue weighted by molar-refractivity contribution is 7.90. The number of rotatable bonds is 10. The smallest absolute Gasteiger partial charge is 0.444 e. The fraction of sp³-hybridized carbons (Fsp3) is 0.765. The lowest BCUT2D eigenvalue weighted by Crippen LogP contribution is -2.48. The number of carbonyl (C=O) groups excluding carboxylic acids is 2. The summed E-state index contributed by atoms with van der Waals surface area (Å²) >= 11 is 0. The highest BCUT2D eigenvalue weighted by Gasteiger charge is 2.50. The summed E-state index contributed by atoms with van der Waals surface area (Å²) in [6.45, 7) is 10.6. The second-order valence-electron chi connectivity index (χ2n) is 14.7. The Kier molecular flexibility index (Phi) is 13.0. The van der Waals surface area contributed by atoms with Crippen molar-refractivity contribution >= 4 is 22.0 Å². The molecule has 4 rings (SSSR count). The van der Waals surface area contributed by atoms with Gasteiger partial charge in [-0.25, -0.2) is 22.0 Å². The molecule has 9 nitrogen and oxygen atoms in total. The molecule has 0 spiro atoms. The Hall–Kier alpha value is -2.52. The molecule has 3 fully saturated rings. The van der Waals surface area contributed by atoms with Gasteiger partial charge in [-0.05, 0) is 115 Å². The third-order valence-electron chi connectivity index (χ3n) is 10.2. The summed E-state index contributed by atoms with van der Waals surface area (Å²) in [7, 11) is -5.44. The van der Waals surface area contributed by atoms with Gasteiger partial charge < -0.3 is 19.4 Å². The molecule has 0 saturated carbocycles. The first-order valence-electron chi connectivity index (χ1n) is 17.4. The molecule has 278 valence electrons. The zero-order chi connectivity index (χ0) is 36.1. The molecule has 1 aromatic carbocycles.